The molecule has 2 aliphatic heterocycles. The van der Waals surface area contributed by atoms with Crippen molar-refractivity contribution in [2.24, 2.45) is 0 Å². The number of halogens is 1. The zero-order valence-corrected chi connectivity index (χ0v) is 16.2. The number of benzene rings is 2. The fraction of sp³-hybridized carbons (Fsp3) is 0.409. The summed E-state index contributed by atoms with van der Waals surface area (Å²) < 4.78 is 4.83. The number of ether oxygens (including phenoxy) is 1. The van der Waals surface area contributed by atoms with Crippen LogP contribution in [-0.2, 0) is 28.8 Å². The number of rotatable bonds is 6. The molecule has 0 aromatic heterocycles. The van der Waals surface area contributed by atoms with Gasteiger partial charge in [-0.1, -0.05) is 35.9 Å². The molecule has 0 saturated carbocycles. The maximum Gasteiger partial charge on any atom is 0.120 e. The maximum atomic E-state index is 10.5. The maximum absolute atomic E-state index is 10.5. The summed E-state index contributed by atoms with van der Waals surface area (Å²) >= 11 is 6.32. The largest absolute Gasteiger partial charge is 0.394 e. The number of fused-ring (bicyclic) bond motifs is 1. The Morgan fingerprint density at radius 1 is 1.22 bits per heavy atom. The summed E-state index contributed by atoms with van der Waals surface area (Å²) in [6.07, 6.45) is 5.44. The first kappa shape index (κ1) is 19.9. The lowest BCUT2D eigenvalue weighted by Crippen LogP contribution is -2.29. The van der Waals surface area contributed by atoms with E-state index in [1.807, 2.05) is 12.1 Å². The van der Waals surface area contributed by atoms with Crippen LogP contribution in [-0.4, -0.2) is 37.3 Å². The fourth-order valence-corrected chi connectivity index (χ4v) is 3.45. The molecule has 1 saturated heterocycles. The summed E-state index contributed by atoms with van der Waals surface area (Å²) in [5, 5.41) is 12.4. The molecule has 1 unspecified atom stereocenters. The molecule has 0 bridgehead atoms. The highest BCUT2D eigenvalue weighted by Crippen LogP contribution is 2.26. The van der Waals surface area contributed by atoms with E-state index in [1.165, 1.54) is 22.4 Å². The number of aldehydes is 1. The van der Waals surface area contributed by atoms with Crippen molar-refractivity contribution in [3.05, 3.63) is 63.7 Å². The molecule has 0 aliphatic carbocycles. The topological polar surface area (TPSA) is 58.6 Å². The fourth-order valence-electron chi connectivity index (χ4n) is 3.26. The highest BCUT2D eigenvalue weighted by Gasteiger charge is 2.15. The van der Waals surface area contributed by atoms with Crippen LogP contribution in [0.15, 0.2) is 36.4 Å². The van der Waals surface area contributed by atoms with E-state index in [0.29, 0.717) is 6.42 Å². The third-order valence-electron chi connectivity index (χ3n) is 4.93. The van der Waals surface area contributed by atoms with Gasteiger partial charge in [-0.25, -0.2) is 0 Å². The van der Waals surface area contributed by atoms with Crippen molar-refractivity contribution in [2.75, 3.05) is 25.1 Å². The molecular weight excluding hydrogens is 362 g/mol. The first-order valence-corrected chi connectivity index (χ1v) is 9.86. The average Bonchev–Trinajstić information content (AvgIpc) is 3.10. The van der Waals surface area contributed by atoms with Crippen LogP contribution >= 0.6 is 11.6 Å². The molecule has 1 fully saturated rings. The normalized spacial score (nSPS) is 17.2. The Balaban J connectivity index is 0.000000299. The number of aliphatic hydroxyl groups excluding tert-OH is 1. The van der Waals surface area contributed by atoms with Crippen molar-refractivity contribution in [1.82, 2.24) is 0 Å². The minimum atomic E-state index is 0.171. The van der Waals surface area contributed by atoms with Gasteiger partial charge in [-0.05, 0) is 60.1 Å². The Bertz CT molecular complexity index is 771. The molecule has 4 rings (SSSR count). The van der Waals surface area contributed by atoms with Crippen molar-refractivity contribution in [2.45, 2.75) is 38.2 Å². The number of carbonyl (C=O) groups is 1. The van der Waals surface area contributed by atoms with Gasteiger partial charge in [0.25, 0.3) is 0 Å². The number of anilines is 1. The summed E-state index contributed by atoms with van der Waals surface area (Å²) in [5.74, 6) is 0. The zero-order valence-electron chi connectivity index (χ0n) is 15.4. The molecule has 0 spiro atoms. The molecule has 0 radical (unpaired) electrons. The monoisotopic (exact) mass is 387 g/mol. The van der Waals surface area contributed by atoms with E-state index in [1.54, 1.807) is 0 Å². The molecule has 0 amide bonds. The van der Waals surface area contributed by atoms with Gasteiger partial charge >= 0.3 is 0 Å². The quantitative estimate of drug-likeness (QED) is 0.740. The summed E-state index contributed by atoms with van der Waals surface area (Å²) in [7, 11) is 0. The van der Waals surface area contributed by atoms with Crippen LogP contribution < -0.4 is 5.32 Å². The Labute approximate surface area is 165 Å². The van der Waals surface area contributed by atoms with Crippen LogP contribution in [0.2, 0.25) is 5.02 Å². The molecule has 2 aliphatic rings. The van der Waals surface area contributed by atoms with Crippen LogP contribution in [0.4, 0.5) is 5.69 Å². The highest BCUT2D eigenvalue weighted by atomic mass is 35.5. The second kappa shape index (κ2) is 9.88. The van der Waals surface area contributed by atoms with Gasteiger partial charge in [0.2, 0.25) is 0 Å². The molecule has 2 N–H and O–H groups in total. The number of hydrogen-bond acceptors (Lipinski definition) is 4. The molecular formula is C22H26ClNO3. The predicted molar refractivity (Wildman–Crippen MR) is 109 cm³/mol. The van der Waals surface area contributed by atoms with Gasteiger partial charge in [0, 0.05) is 30.3 Å². The number of aryl methyl sites for hydroxylation is 1. The second-order valence-corrected chi connectivity index (χ2v) is 7.35. The van der Waals surface area contributed by atoms with Gasteiger partial charge in [0.15, 0.2) is 0 Å². The highest BCUT2D eigenvalue weighted by molar-refractivity contribution is 6.31. The first-order chi connectivity index (χ1) is 13.2. The van der Waals surface area contributed by atoms with Gasteiger partial charge < -0.3 is 20.0 Å². The van der Waals surface area contributed by atoms with Gasteiger partial charge in [0.05, 0.1) is 12.7 Å². The number of nitrogens with one attached hydrogen (secondary N) is 1. The molecule has 2 aromatic rings. The van der Waals surface area contributed by atoms with Crippen molar-refractivity contribution in [3.8, 4) is 0 Å². The minimum Gasteiger partial charge on any atom is -0.394 e. The Morgan fingerprint density at radius 3 is 2.70 bits per heavy atom. The Morgan fingerprint density at radius 2 is 2.04 bits per heavy atom. The molecule has 27 heavy (non-hydrogen) atoms. The molecule has 1 atom stereocenters. The van der Waals surface area contributed by atoms with E-state index in [9.17, 15) is 4.79 Å². The minimum absolute atomic E-state index is 0.171. The molecule has 4 nitrogen and oxygen atoms in total. The van der Waals surface area contributed by atoms with Crippen molar-refractivity contribution < 1.29 is 14.6 Å². The van der Waals surface area contributed by atoms with Crippen LogP contribution in [0.5, 0.6) is 0 Å². The third-order valence-corrected chi connectivity index (χ3v) is 5.30. The lowest BCUT2D eigenvalue weighted by atomic mass is 9.99. The zero-order chi connectivity index (χ0) is 19.1. The summed E-state index contributed by atoms with van der Waals surface area (Å²) in [6.45, 7) is 2.06. The van der Waals surface area contributed by atoms with Crippen molar-refractivity contribution in [1.29, 1.82) is 0 Å². The summed E-state index contributed by atoms with van der Waals surface area (Å²) in [4.78, 5) is 10.5. The van der Waals surface area contributed by atoms with Crippen molar-refractivity contribution in [3.63, 3.8) is 0 Å². The lowest BCUT2D eigenvalue weighted by molar-refractivity contribution is -0.107. The predicted octanol–water partition coefficient (Wildman–Crippen LogP) is 3.80. The Hall–Kier alpha value is -1.88. The molecule has 2 aromatic carbocycles. The van der Waals surface area contributed by atoms with Crippen LogP contribution in [0.1, 0.15) is 35.1 Å². The lowest BCUT2D eigenvalue weighted by Gasteiger charge is -2.23. The van der Waals surface area contributed by atoms with Gasteiger partial charge in [-0.2, -0.15) is 0 Å². The van der Waals surface area contributed by atoms with E-state index < -0.39 is 0 Å². The van der Waals surface area contributed by atoms with Crippen LogP contribution in [0, 0.1) is 0 Å². The van der Waals surface area contributed by atoms with E-state index >= 15 is 0 Å². The number of carbonyl (C=O) groups excluding carboxylic acids is 1. The standard InChI is InChI=1S/C18H18ClNO.C4H8O2/c19-17-5-3-13(2-1-9-21)10-16(17)12-14-4-6-18-15(11-14)7-8-20-18;5-3-4-1-2-6-4/h3-6,9-11,20H,1-2,7-8,12H2;4-5H,1-3H2. The smallest absolute Gasteiger partial charge is 0.120 e. The van der Waals surface area contributed by atoms with Crippen molar-refractivity contribution >= 4 is 23.6 Å². The summed E-state index contributed by atoms with van der Waals surface area (Å²) in [6, 6.07) is 12.6. The van der Waals surface area contributed by atoms with Gasteiger partial charge in [-0.15, -0.1) is 0 Å². The van der Waals surface area contributed by atoms with Gasteiger partial charge in [-0.3, -0.25) is 0 Å². The van der Waals surface area contributed by atoms with Gasteiger partial charge in [0.1, 0.15) is 6.29 Å². The van der Waals surface area contributed by atoms with E-state index in [-0.39, 0.29) is 12.7 Å². The Kier molecular flexibility index (Phi) is 7.27. The van der Waals surface area contributed by atoms with E-state index in [4.69, 9.17) is 21.4 Å². The third kappa shape index (κ3) is 5.55. The number of hydrogen-bond donors (Lipinski definition) is 2. The molecule has 144 valence electrons. The molecule has 5 heteroatoms. The average molecular weight is 388 g/mol. The molecule has 2 heterocycles. The van der Waals surface area contributed by atoms with Crippen LogP contribution in [0.25, 0.3) is 0 Å². The summed E-state index contributed by atoms with van der Waals surface area (Å²) in [5.41, 5.74) is 6.23. The number of aliphatic hydroxyl groups is 1. The first-order valence-electron chi connectivity index (χ1n) is 9.48. The SMILES string of the molecule is O=CCCc1ccc(Cl)c(Cc2ccc3c(c2)CCN3)c1.OCC1CCO1. The second-order valence-electron chi connectivity index (χ2n) is 6.94. The van der Waals surface area contributed by atoms with E-state index in [0.717, 1.165) is 55.7 Å². The van der Waals surface area contributed by atoms with Crippen LogP contribution in [0.3, 0.4) is 0 Å². The van der Waals surface area contributed by atoms with E-state index in [2.05, 4.69) is 29.6 Å².